The molecule has 0 spiro atoms. The van der Waals surface area contributed by atoms with Gasteiger partial charge in [0.25, 0.3) is 0 Å². The van der Waals surface area contributed by atoms with Gasteiger partial charge in [0.15, 0.2) is 0 Å². The Morgan fingerprint density at radius 2 is 2.13 bits per heavy atom. The number of ether oxygens (including phenoxy) is 2. The number of benzene rings is 1. The van der Waals surface area contributed by atoms with E-state index in [1.165, 1.54) is 0 Å². The summed E-state index contributed by atoms with van der Waals surface area (Å²) in [7, 11) is 0. The Balaban J connectivity index is 2.47. The second-order valence-electron chi connectivity index (χ2n) is 2.96. The molecule has 0 saturated heterocycles. The normalized spacial score (nSPS) is 10.3. The van der Waals surface area contributed by atoms with Crippen molar-refractivity contribution in [3.05, 3.63) is 28.2 Å². The van der Waals surface area contributed by atoms with Crippen molar-refractivity contribution in [3.8, 4) is 5.75 Å². The zero-order valence-electron chi connectivity index (χ0n) is 8.70. The zero-order valence-corrected chi connectivity index (χ0v) is 10.3. The Kier molecular flexibility index (Phi) is 5.68. The van der Waals surface area contributed by atoms with Gasteiger partial charge in [-0.2, -0.15) is 0 Å². The van der Waals surface area contributed by atoms with Crippen LogP contribution in [0.25, 0.3) is 0 Å². The van der Waals surface area contributed by atoms with E-state index in [9.17, 15) is 0 Å². The minimum atomic E-state index is 0.00322. The Bertz CT molecular complexity index is 302. The Morgan fingerprint density at radius 3 is 2.80 bits per heavy atom. The molecule has 0 heterocycles. The first kappa shape index (κ1) is 12.5. The van der Waals surface area contributed by atoms with Crippen LogP contribution in [0.3, 0.4) is 0 Å². The molecule has 1 aromatic rings. The fourth-order valence-electron chi connectivity index (χ4n) is 1.12. The van der Waals surface area contributed by atoms with Gasteiger partial charge in [0.1, 0.15) is 12.4 Å². The summed E-state index contributed by atoms with van der Waals surface area (Å²) in [5.74, 6) is 0.752. The summed E-state index contributed by atoms with van der Waals surface area (Å²) >= 11 is 3.34. The van der Waals surface area contributed by atoms with Crippen molar-refractivity contribution < 1.29 is 14.6 Å². The molecule has 0 saturated carbocycles. The third kappa shape index (κ3) is 4.20. The van der Waals surface area contributed by atoms with Gasteiger partial charge in [0, 0.05) is 11.1 Å². The van der Waals surface area contributed by atoms with Gasteiger partial charge in [-0.05, 0) is 30.7 Å². The molecule has 4 heteroatoms. The van der Waals surface area contributed by atoms with Crippen LogP contribution in [0.4, 0.5) is 0 Å². The number of aliphatic hydroxyl groups is 1. The van der Waals surface area contributed by atoms with Crippen LogP contribution in [0, 0.1) is 0 Å². The van der Waals surface area contributed by atoms with Crippen molar-refractivity contribution in [1.82, 2.24) is 0 Å². The second kappa shape index (κ2) is 6.82. The summed E-state index contributed by atoms with van der Waals surface area (Å²) in [6.07, 6.45) is 0. The average molecular weight is 275 g/mol. The van der Waals surface area contributed by atoms with Crippen LogP contribution in [-0.4, -0.2) is 24.9 Å². The summed E-state index contributed by atoms with van der Waals surface area (Å²) < 4.78 is 11.5. The summed E-state index contributed by atoms with van der Waals surface area (Å²) in [4.78, 5) is 0. The molecular formula is C11H15BrO3. The first-order chi connectivity index (χ1) is 7.27. The van der Waals surface area contributed by atoms with Crippen LogP contribution in [0.2, 0.25) is 0 Å². The Hall–Kier alpha value is -0.580. The predicted octanol–water partition coefficient (Wildman–Crippen LogP) is 2.36. The van der Waals surface area contributed by atoms with Crippen LogP contribution in [0.1, 0.15) is 12.5 Å². The highest BCUT2D eigenvalue weighted by Gasteiger charge is 2.01. The van der Waals surface area contributed by atoms with E-state index < -0.39 is 0 Å². The molecule has 1 aromatic carbocycles. The van der Waals surface area contributed by atoms with Gasteiger partial charge in [-0.25, -0.2) is 0 Å². The van der Waals surface area contributed by atoms with Crippen molar-refractivity contribution in [2.24, 2.45) is 0 Å². The summed E-state index contributed by atoms with van der Waals surface area (Å²) in [5, 5.41) is 9.04. The molecule has 0 fully saturated rings. The van der Waals surface area contributed by atoms with E-state index in [1.807, 2.05) is 25.1 Å². The van der Waals surface area contributed by atoms with E-state index in [2.05, 4.69) is 15.9 Å². The van der Waals surface area contributed by atoms with Crippen molar-refractivity contribution >= 4 is 15.9 Å². The van der Waals surface area contributed by atoms with Crippen molar-refractivity contribution in [2.75, 3.05) is 19.8 Å². The molecule has 1 N–H and O–H groups in total. The highest BCUT2D eigenvalue weighted by atomic mass is 79.9. The van der Waals surface area contributed by atoms with E-state index in [0.29, 0.717) is 19.8 Å². The molecule has 0 unspecified atom stereocenters. The molecule has 0 aliphatic rings. The molecule has 1 rings (SSSR count). The number of halogens is 1. The second-order valence-corrected chi connectivity index (χ2v) is 3.81. The fraction of sp³-hybridized carbons (Fsp3) is 0.455. The van der Waals surface area contributed by atoms with Gasteiger partial charge in [-0.3, -0.25) is 0 Å². The number of hydrogen-bond donors (Lipinski definition) is 1. The van der Waals surface area contributed by atoms with Gasteiger partial charge < -0.3 is 14.6 Å². The molecule has 0 aromatic heterocycles. The van der Waals surface area contributed by atoms with E-state index in [1.54, 1.807) is 0 Å². The molecule has 0 aliphatic carbocycles. The lowest BCUT2D eigenvalue weighted by Crippen LogP contribution is -2.06. The van der Waals surface area contributed by atoms with Crippen LogP contribution >= 0.6 is 15.9 Å². The number of rotatable bonds is 6. The average Bonchev–Trinajstić information content (AvgIpc) is 2.26. The third-order valence-corrected chi connectivity index (χ3v) is 2.66. The molecule has 84 valence electrons. The third-order valence-electron chi connectivity index (χ3n) is 1.89. The Morgan fingerprint density at radius 1 is 1.33 bits per heavy atom. The topological polar surface area (TPSA) is 38.7 Å². The fourth-order valence-corrected chi connectivity index (χ4v) is 1.50. The molecular weight excluding hydrogens is 260 g/mol. The van der Waals surface area contributed by atoms with Gasteiger partial charge in [-0.15, -0.1) is 0 Å². The van der Waals surface area contributed by atoms with Gasteiger partial charge in [0.05, 0.1) is 13.2 Å². The molecule has 0 aliphatic heterocycles. The minimum Gasteiger partial charge on any atom is -0.491 e. The van der Waals surface area contributed by atoms with Crippen molar-refractivity contribution in [2.45, 2.75) is 13.5 Å². The number of hydrogen-bond acceptors (Lipinski definition) is 3. The SMILES string of the molecule is CCOCCOc1ccc(Br)c(CO)c1. The highest BCUT2D eigenvalue weighted by Crippen LogP contribution is 2.22. The smallest absolute Gasteiger partial charge is 0.119 e. The van der Waals surface area contributed by atoms with E-state index in [4.69, 9.17) is 14.6 Å². The summed E-state index contributed by atoms with van der Waals surface area (Å²) in [6, 6.07) is 5.53. The van der Waals surface area contributed by atoms with Crippen LogP contribution in [0.5, 0.6) is 5.75 Å². The summed E-state index contributed by atoms with van der Waals surface area (Å²) in [5.41, 5.74) is 0.823. The van der Waals surface area contributed by atoms with Gasteiger partial charge >= 0.3 is 0 Å². The zero-order chi connectivity index (χ0) is 11.1. The largest absolute Gasteiger partial charge is 0.491 e. The maximum absolute atomic E-state index is 9.04. The van der Waals surface area contributed by atoms with Crippen molar-refractivity contribution in [3.63, 3.8) is 0 Å². The monoisotopic (exact) mass is 274 g/mol. The van der Waals surface area contributed by atoms with E-state index >= 15 is 0 Å². The van der Waals surface area contributed by atoms with Gasteiger partial charge in [0.2, 0.25) is 0 Å². The molecule has 15 heavy (non-hydrogen) atoms. The lowest BCUT2D eigenvalue weighted by atomic mass is 10.2. The first-order valence-corrected chi connectivity index (χ1v) is 5.67. The lowest BCUT2D eigenvalue weighted by molar-refractivity contribution is 0.110. The summed E-state index contributed by atoms with van der Waals surface area (Å²) in [6.45, 7) is 3.76. The van der Waals surface area contributed by atoms with Crippen LogP contribution in [-0.2, 0) is 11.3 Å². The first-order valence-electron chi connectivity index (χ1n) is 4.87. The maximum Gasteiger partial charge on any atom is 0.119 e. The van der Waals surface area contributed by atoms with Crippen molar-refractivity contribution in [1.29, 1.82) is 0 Å². The molecule has 0 atom stereocenters. The van der Waals surface area contributed by atoms with Crippen LogP contribution in [0.15, 0.2) is 22.7 Å². The molecule has 0 amide bonds. The van der Waals surface area contributed by atoms with Crippen LogP contribution < -0.4 is 4.74 Å². The molecule has 0 radical (unpaired) electrons. The predicted molar refractivity (Wildman–Crippen MR) is 62.1 cm³/mol. The van der Waals surface area contributed by atoms with E-state index in [0.717, 1.165) is 15.8 Å². The Labute approximate surface area is 98.1 Å². The quantitative estimate of drug-likeness (QED) is 0.810. The van der Waals surface area contributed by atoms with Gasteiger partial charge in [-0.1, -0.05) is 15.9 Å². The minimum absolute atomic E-state index is 0.00322. The molecule has 3 nitrogen and oxygen atoms in total. The lowest BCUT2D eigenvalue weighted by Gasteiger charge is -2.08. The maximum atomic E-state index is 9.04. The highest BCUT2D eigenvalue weighted by molar-refractivity contribution is 9.10. The van der Waals surface area contributed by atoms with E-state index in [-0.39, 0.29) is 6.61 Å². The standard InChI is InChI=1S/C11H15BrO3/c1-2-14-5-6-15-10-3-4-11(12)9(7-10)8-13/h3-4,7,13H,2,5-6,8H2,1H3. The molecule has 0 bridgehead atoms. The number of aliphatic hydroxyl groups excluding tert-OH is 1.